The minimum Gasteiger partial charge on any atom is -0.294 e. The van der Waals surface area contributed by atoms with Gasteiger partial charge >= 0.3 is 6.18 Å². The number of rotatable bonds is 3. The summed E-state index contributed by atoms with van der Waals surface area (Å²) in [6, 6.07) is 19.0. The van der Waals surface area contributed by atoms with Crippen LogP contribution in [0.1, 0.15) is 11.1 Å². The van der Waals surface area contributed by atoms with Gasteiger partial charge < -0.3 is 0 Å². The van der Waals surface area contributed by atoms with Crippen molar-refractivity contribution in [1.82, 2.24) is 24.1 Å². The summed E-state index contributed by atoms with van der Waals surface area (Å²) in [5.74, 6) is 0. The zero-order chi connectivity index (χ0) is 25.0. The maximum atomic E-state index is 13.7. The highest BCUT2D eigenvalue weighted by Crippen LogP contribution is 2.33. The number of aromatic nitrogens is 5. The number of benzene rings is 3. The molecule has 10 heteroatoms. The van der Waals surface area contributed by atoms with E-state index in [9.17, 15) is 18.0 Å². The van der Waals surface area contributed by atoms with Gasteiger partial charge in [-0.2, -0.15) is 13.2 Å². The number of para-hydroxylation sites is 2. The lowest BCUT2D eigenvalue weighted by atomic mass is 10.2. The molecule has 0 fully saturated rings. The zero-order valence-electron chi connectivity index (χ0n) is 18.4. The van der Waals surface area contributed by atoms with Crippen LogP contribution in [0.4, 0.5) is 13.2 Å². The van der Waals surface area contributed by atoms with Crippen molar-refractivity contribution in [2.45, 2.75) is 12.7 Å². The monoisotopic (exact) mass is 505 g/mol. The molecule has 0 aliphatic carbocycles. The molecule has 0 amide bonds. The molecule has 3 aromatic heterocycles. The first kappa shape index (κ1) is 22.2. The van der Waals surface area contributed by atoms with Crippen molar-refractivity contribution in [2.24, 2.45) is 0 Å². The SMILES string of the molecule is O=c1c2c3nc4ccccc4nc3n(-c3cccc(C(F)(F)F)c3)c2ncn1Cc1ccc(Cl)cc1. The van der Waals surface area contributed by atoms with Crippen molar-refractivity contribution >= 4 is 44.8 Å². The van der Waals surface area contributed by atoms with Crippen molar-refractivity contribution in [2.75, 3.05) is 0 Å². The topological polar surface area (TPSA) is 65.6 Å². The second kappa shape index (κ2) is 8.17. The van der Waals surface area contributed by atoms with Gasteiger partial charge in [0.2, 0.25) is 0 Å². The number of alkyl halides is 3. The van der Waals surface area contributed by atoms with Crippen LogP contribution < -0.4 is 5.56 Å². The van der Waals surface area contributed by atoms with Crippen LogP contribution in [0, 0.1) is 0 Å². The first-order valence-corrected chi connectivity index (χ1v) is 11.3. The number of halogens is 4. The second-order valence-corrected chi connectivity index (χ2v) is 8.71. The predicted octanol–water partition coefficient (Wildman–Crippen LogP) is 6.00. The predicted molar refractivity (Wildman–Crippen MR) is 131 cm³/mol. The van der Waals surface area contributed by atoms with E-state index in [0.717, 1.165) is 17.7 Å². The largest absolute Gasteiger partial charge is 0.416 e. The number of nitrogens with zero attached hydrogens (tertiary/aromatic N) is 5. The van der Waals surface area contributed by atoms with Gasteiger partial charge in [0.05, 0.1) is 23.1 Å². The molecule has 0 bridgehead atoms. The molecule has 0 spiro atoms. The summed E-state index contributed by atoms with van der Waals surface area (Å²) in [5.41, 5.74) is 1.61. The van der Waals surface area contributed by atoms with Crippen LogP contribution in [0.5, 0.6) is 0 Å². The normalized spacial score (nSPS) is 12.1. The van der Waals surface area contributed by atoms with Crippen LogP contribution in [0.25, 0.3) is 38.9 Å². The second-order valence-electron chi connectivity index (χ2n) is 8.27. The minimum atomic E-state index is -4.54. The Balaban J connectivity index is 1.66. The smallest absolute Gasteiger partial charge is 0.294 e. The Morgan fingerprint density at radius 3 is 2.31 bits per heavy atom. The van der Waals surface area contributed by atoms with E-state index in [1.54, 1.807) is 48.5 Å². The molecule has 0 radical (unpaired) electrons. The number of fused-ring (bicyclic) bond motifs is 4. The van der Waals surface area contributed by atoms with E-state index in [1.165, 1.54) is 27.6 Å². The molecule has 0 aliphatic heterocycles. The maximum absolute atomic E-state index is 13.7. The standard InChI is InChI=1S/C26H15ClF3N5O/c27-17-10-8-15(9-11-17)13-34-14-31-23-21(25(34)36)22-24(33-20-7-2-1-6-19(20)32-22)35(23)18-5-3-4-16(12-18)26(28,29)30/h1-12,14H,13H2. The van der Waals surface area contributed by atoms with E-state index in [0.29, 0.717) is 16.1 Å². The Morgan fingerprint density at radius 2 is 1.58 bits per heavy atom. The number of hydrogen-bond acceptors (Lipinski definition) is 4. The lowest BCUT2D eigenvalue weighted by Gasteiger charge is -2.11. The van der Waals surface area contributed by atoms with Crippen molar-refractivity contribution in [3.63, 3.8) is 0 Å². The Kier molecular flexibility index (Phi) is 5.04. The molecule has 0 saturated carbocycles. The molecule has 0 saturated heterocycles. The van der Waals surface area contributed by atoms with Crippen LogP contribution in [-0.4, -0.2) is 24.1 Å². The average molecular weight is 506 g/mol. The molecule has 36 heavy (non-hydrogen) atoms. The third-order valence-corrected chi connectivity index (χ3v) is 6.18. The van der Waals surface area contributed by atoms with E-state index in [-0.39, 0.29) is 40.0 Å². The van der Waals surface area contributed by atoms with Gasteiger partial charge in [-0.25, -0.2) is 15.0 Å². The van der Waals surface area contributed by atoms with Gasteiger partial charge in [0.25, 0.3) is 5.56 Å². The van der Waals surface area contributed by atoms with Gasteiger partial charge in [-0.05, 0) is 48.0 Å². The Morgan fingerprint density at radius 1 is 0.861 bits per heavy atom. The van der Waals surface area contributed by atoms with Crippen LogP contribution in [-0.2, 0) is 12.7 Å². The van der Waals surface area contributed by atoms with Gasteiger partial charge in [0, 0.05) is 10.7 Å². The summed E-state index contributed by atoms with van der Waals surface area (Å²) in [7, 11) is 0. The highest BCUT2D eigenvalue weighted by Gasteiger charge is 2.31. The first-order chi connectivity index (χ1) is 17.3. The molecule has 0 atom stereocenters. The molecule has 3 aromatic carbocycles. The first-order valence-electron chi connectivity index (χ1n) is 10.9. The Labute approximate surface area is 206 Å². The summed E-state index contributed by atoms with van der Waals surface area (Å²) in [6.45, 7) is 0.232. The highest BCUT2D eigenvalue weighted by atomic mass is 35.5. The summed E-state index contributed by atoms with van der Waals surface area (Å²) in [5, 5.41) is 0.753. The lowest BCUT2D eigenvalue weighted by Crippen LogP contribution is -2.21. The van der Waals surface area contributed by atoms with Gasteiger partial charge in [-0.3, -0.25) is 13.9 Å². The van der Waals surface area contributed by atoms with Gasteiger partial charge in [0.15, 0.2) is 11.3 Å². The molecule has 6 aromatic rings. The molecule has 6 nitrogen and oxygen atoms in total. The molecular weight excluding hydrogens is 491 g/mol. The van der Waals surface area contributed by atoms with Crippen molar-refractivity contribution in [3.8, 4) is 5.69 Å². The van der Waals surface area contributed by atoms with Crippen molar-refractivity contribution < 1.29 is 13.2 Å². The summed E-state index contributed by atoms with van der Waals surface area (Å²) in [6.07, 6.45) is -3.16. The highest BCUT2D eigenvalue weighted by molar-refractivity contribution is 6.30. The van der Waals surface area contributed by atoms with Crippen molar-refractivity contribution in [1.29, 1.82) is 0 Å². The average Bonchev–Trinajstić information content (AvgIpc) is 3.19. The molecule has 178 valence electrons. The fraction of sp³-hybridized carbons (Fsp3) is 0.0769. The molecular formula is C26H15ClF3N5O. The summed E-state index contributed by atoms with van der Waals surface area (Å²) < 4.78 is 43.3. The molecule has 6 rings (SSSR count). The Hall–Kier alpha value is -4.24. The molecule has 0 N–H and O–H groups in total. The van der Waals surface area contributed by atoms with Gasteiger partial charge in [-0.1, -0.05) is 41.9 Å². The fourth-order valence-corrected chi connectivity index (χ4v) is 4.36. The van der Waals surface area contributed by atoms with Crippen LogP contribution in [0.15, 0.2) is 83.9 Å². The summed E-state index contributed by atoms with van der Waals surface area (Å²) >= 11 is 5.97. The molecule has 3 heterocycles. The molecule has 0 unspecified atom stereocenters. The lowest BCUT2D eigenvalue weighted by molar-refractivity contribution is -0.137. The molecule has 0 aliphatic rings. The van der Waals surface area contributed by atoms with Gasteiger partial charge in [0.1, 0.15) is 17.2 Å². The maximum Gasteiger partial charge on any atom is 0.416 e. The Bertz CT molecular complexity index is 1840. The summed E-state index contributed by atoms with van der Waals surface area (Å²) in [4.78, 5) is 27.5. The van der Waals surface area contributed by atoms with Gasteiger partial charge in [-0.15, -0.1) is 0 Å². The van der Waals surface area contributed by atoms with E-state index < -0.39 is 11.7 Å². The van der Waals surface area contributed by atoms with E-state index in [4.69, 9.17) is 11.6 Å². The third kappa shape index (κ3) is 3.68. The van der Waals surface area contributed by atoms with Crippen molar-refractivity contribution in [3.05, 3.63) is 106 Å². The quantitative estimate of drug-likeness (QED) is 0.296. The van der Waals surface area contributed by atoms with Crippen LogP contribution >= 0.6 is 11.6 Å². The van der Waals surface area contributed by atoms with E-state index >= 15 is 0 Å². The minimum absolute atomic E-state index is 0.178. The van der Waals surface area contributed by atoms with Crippen LogP contribution in [0.3, 0.4) is 0 Å². The zero-order valence-corrected chi connectivity index (χ0v) is 19.1. The fourth-order valence-electron chi connectivity index (χ4n) is 4.24. The van der Waals surface area contributed by atoms with Crippen LogP contribution in [0.2, 0.25) is 5.02 Å². The van der Waals surface area contributed by atoms with E-state index in [2.05, 4.69) is 15.0 Å². The number of hydrogen-bond donors (Lipinski definition) is 0. The van der Waals surface area contributed by atoms with E-state index in [1.807, 2.05) is 0 Å². The third-order valence-electron chi connectivity index (χ3n) is 5.93.